The highest BCUT2D eigenvalue weighted by molar-refractivity contribution is 6.10. The molecule has 7 rings (SSSR count). The Balaban J connectivity index is 1.46. The van der Waals surface area contributed by atoms with Crippen LogP contribution in [0.5, 0.6) is 0 Å². The summed E-state index contributed by atoms with van der Waals surface area (Å²) in [6, 6.07) is 48.4. The number of para-hydroxylation sites is 3. The molecule has 40 heavy (non-hydrogen) atoms. The third-order valence-corrected chi connectivity index (χ3v) is 7.32. The number of hydrogen-bond donors (Lipinski definition) is 0. The van der Waals surface area contributed by atoms with Crippen molar-refractivity contribution in [3.8, 4) is 22.9 Å². The first-order chi connectivity index (χ1) is 19.8. The van der Waals surface area contributed by atoms with Crippen LogP contribution >= 0.6 is 0 Å². The fourth-order valence-electron chi connectivity index (χ4n) is 5.52. The van der Waals surface area contributed by atoms with Crippen LogP contribution in [-0.4, -0.2) is 9.55 Å². The Kier molecular flexibility index (Phi) is 5.81. The lowest BCUT2D eigenvalue weighted by molar-refractivity contribution is 1.18. The molecule has 7 aromatic rings. The van der Waals surface area contributed by atoms with Gasteiger partial charge in [-0.1, -0.05) is 54.6 Å². The molecule has 0 unspecified atom stereocenters. The minimum absolute atomic E-state index is 0.638. The van der Waals surface area contributed by atoms with Crippen molar-refractivity contribution in [2.24, 2.45) is 0 Å². The summed E-state index contributed by atoms with van der Waals surface area (Å²) in [4.78, 5) is 6.44. The lowest BCUT2D eigenvalue weighted by Gasteiger charge is -2.25. The van der Waals surface area contributed by atoms with Crippen LogP contribution in [-0.2, 0) is 0 Å². The van der Waals surface area contributed by atoms with Gasteiger partial charge in [0.15, 0.2) is 0 Å². The van der Waals surface area contributed by atoms with Gasteiger partial charge in [-0.25, -0.2) is 0 Å². The number of rotatable bonds is 5. The summed E-state index contributed by atoms with van der Waals surface area (Å²) in [5, 5.41) is 12.2. The molecular weight excluding hydrogens is 488 g/mol. The van der Waals surface area contributed by atoms with Gasteiger partial charge in [0.25, 0.3) is 0 Å². The topological polar surface area (TPSA) is 44.9 Å². The third kappa shape index (κ3) is 3.98. The van der Waals surface area contributed by atoms with E-state index in [1.54, 1.807) is 12.4 Å². The maximum atomic E-state index is 9.84. The molecule has 0 aliphatic rings. The van der Waals surface area contributed by atoms with Crippen LogP contribution in [0.25, 0.3) is 38.6 Å². The summed E-state index contributed by atoms with van der Waals surface area (Å²) in [7, 11) is 0. The normalized spacial score (nSPS) is 11.0. The molecule has 0 aliphatic heterocycles. The van der Waals surface area contributed by atoms with E-state index in [2.05, 4.69) is 118 Å². The van der Waals surface area contributed by atoms with E-state index in [0.29, 0.717) is 5.56 Å². The van der Waals surface area contributed by atoms with E-state index in [9.17, 15) is 5.26 Å². The number of pyridine rings is 1. The predicted molar refractivity (Wildman–Crippen MR) is 163 cm³/mol. The van der Waals surface area contributed by atoms with Crippen LogP contribution in [0.15, 0.2) is 146 Å². The van der Waals surface area contributed by atoms with Gasteiger partial charge in [-0.15, -0.1) is 0 Å². The van der Waals surface area contributed by atoms with Crippen molar-refractivity contribution in [3.63, 3.8) is 0 Å². The molecule has 2 heterocycles. The average molecular weight is 513 g/mol. The van der Waals surface area contributed by atoms with E-state index in [4.69, 9.17) is 0 Å². The highest BCUT2D eigenvalue weighted by Crippen LogP contribution is 2.40. The molecule has 2 aromatic heterocycles. The van der Waals surface area contributed by atoms with Crippen LogP contribution < -0.4 is 4.90 Å². The molecule has 0 saturated carbocycles. The fourth-order valence-corrected chi connectivity index (χ4v) is 5.52. The number of fused-ring (bicyclic) bond motifs is 3. The zero-order valence-electron chi connectivity index (χ0n) is 21.6. The number of nitrogens with zero attached hydrogens (tertiary/aromatic N) is 4. The summed E-state index contributed by atoms with van der Waals surface area (Å²) in [5.74, 6) is 0. The van der Waals surface area contributed by atoms with Gasteiger partial charge in [0, 0.05) is 51.5 Å². The van der Waals surface area contributed by atoms with E-state index >= 15 is 0 Å². The van der Waals surface area contributed by atoms with Gasteiger partial charge in [0.1, 0.15) is 0 Å². The van der Waals surface area contributed by atoms with Crippen LogP contribution in [0, 0.1) is 11.3 Å². The maximum Gasteiger partial charge on any atom is 0.0998 e. The molecule has 5 aromatic carbocycles. The number of benzene rings is 5. The zero-order chi connectivity index (χ0) is 26.9. The smallest absolute Gasteiger partial charge is 0.0998 e. The Morgan fingerprint density at radius 1 is 0.575 bits per heavy atom. The van der Waals surface area contributed by atoms with E-state index in [1.165, 1.54) is 10.8 Å². The molecule has 0 aliphatic carbocycles. The molecular formula is C36H24N4. The lowest BCUT2D eigenvalue weighted by Crippen LogP contribution is -2.09. The minimum atomic E-state index is 0.638. The molecule has 0 fully saturated rings. The van der Waals surface area contributed by atoms with Crippen molar-refractivity contribution in [2.45, 2.75) is 0 Å². The van der Waals surface area contributed by atoms with Crippen LogP contribution in [0.4, 0.5) is 17.1 Å². The zero-order valence-corrected chi connectivity index (χ0v) is 21.6. The van der Waals surface area contributed by atoms with Crippen LogP contribution in [0.1, 0.15) is 5.56 Å². The molecule has 0 N–H and O–H groups in total. The predicted octanol–water partition coefficient (Wildman–Crippen LogP) is 9.19. The standard InChI is InChI=1S/C36H24N4/c37-25-27-15-16-31(23-33(27)26-19-21-38-22-20-26)40-35-14-8-7-13-32(35)34-24-30(17-18-36(34)40)39(28-9-3-1-4-10-28)29-11-5-2-6-12-29/h1-24H. The second-order valence-electron chi connectivity index (χ2n) is 9.64. The first-order valence-electron chi connectivity index (χ1n) is 13.2. The molecule has 4 heteroatoms. The average Bonchev–Trinajstić information content (AvgIpc) is 3.36. The van der Waals surface area contributed by atoms with E-state index in [1.807, 2.05) is 36.4 Å². The lowest BCUT2D eigenvalue weighted by atomic mass is 10.0. The molecule has 0 saturated heterocycles. The van der Waals surface area contributed by atoms with E-state index in [0.717, 1.165) is 44.9 Å². The first-order valence-corrected chi connectivity index (χ1v) is 13.2. The van der Waals surface area contributed by atoms with Gasteiger partial charge in [0.05, 0.1) is 22.7 Å². The molecule has 0 amide bonds. The first kappa shape index (κ1) is 23.5. The quantitative estimate of drug-likeness (QED) is 0.231. The number of aromatic nitrogens is 2. The summed E-state index contributed by atoms with van der Waals surface area (Å²) in [6.45, 7) is 0. The highest BCUT2D eigenvalue weighted by Gasteiger charge is 2.18. The van der Waals surface area contributed by atoms with Crippen molar-refractivity contribution in [1.29, 1.82) is 5.26 Å². The van der Waals surface area contributed by atoms with Gasteiger partial charge >= 0.3 is 0 Å². The second-order valence-corrected chi connectivity index (χ2v) is 9.64. The molecule has 4 nitrogen and oxygen atoms in total. The Morgan fingerprint density at radius 2 is 1.23 bits per heavy atom. The van der Waals surface area contributed by atoms with Gasteiger partial charge in [-0.3, -0.25) is 4.98 Å². The van der Waals surface area contributed by atoms with Crippen molar-refractivity contribution in [1.82, 2.24) is 9.55 Å². The Bertz CT molecular complexity index is 1960. The number of nitriles is 1. The largest absolute Gasteiger partial charge is 0.310 e. The van der Waals surface area contributed by atoms with Crippen molar-refractivity contribution >= 4 is 38.9 Å². The van der Waals surface area contributed by atoms with E-state index < -0.39 is 0 Å². The second kappa shape index (κ2) is 9.90. The summed E-state index contributed by atoms with van der Waals surface area (Å²) < 4.78 is 2.29. The summed E-state index contributed by atoms with van der Waals surface area (Å²) in [5.41, 5.74) is 9.03. The summed E-state index contributed by atoms with van der Waals surface area (Å²) >= 11 is 0. The van der Waals surface area contributed by atoms with Crippen molar-refractivity contribution in [2.75, 3.05) is 4.90 Å². The monoisotopic (exact) mass is 512 g/mol. The Morgan fingerprint density at radius 3 is 1.93 bits per heavy atom. The Labute approximate surface area is 232 Å². The molecule has 0 spiro atoms. The van der Waals surface area contributed by atoms with Gasteiger partial charge < -0.3 is 9.47 Å². The molecule has 0 atom stereocenters. The number of hydrogen-bond acceptors (Lipinski definition) is 3. The van der Waals surface area contributed by atoms with Crippen LogP contribution in [0.3, 0.4) is 0 Å². The third-order valence-electron chi connectivity index (χ3n) is 7.32. The SMILES string of the molecule is N#Cc1ccc(-n2c3ccccc3c3cc(N(c4ccccc4)c4ccccc4)ccc32)cc1-c1ccncc1. The van der Waals surface area contributed by atoms with Gasteiger partial charge in [0.2, 0.25) is 0 Å². The maximum absolute atomic E-state index is 9.84. The van der Waals surface area contributed by atoms with Gasteiger partial charge in [-0.2, -0.15) is 5.26 Å². The molecule has 0 radical (unpaired) electrons. The highest BCUT2D eigenvalue weighted by atomic mass is 15.1. The summed E-state index contributed by atoms with van der Waals surface area (Å²) in [6.07, 6.45) is 3.52. The Hall–Kier alpha value is -5.66. The molecule has 188 valence electrons. The van der Waals surface area contributed by atoms with Gasteiger partial charge in [-0.05, 0) is 84.4 Å². The van der Waals surface area contributed by atoms with Crippen molar-refractivity contribution < 1.29 is 0 Å². The van der Waals surface area contributed by atoms with E-state index in [-0.39, 0.29) is 0 Å². The van der Waals surface area contributed by atoms with Crippen LogP contribution in [0.2, 0.25) is 0 Å². The minimum Gasteiger partial charge on any atom is -0.310 e. The number of anilines is 3. The fraction of sp³-hybridized carbons (Fsp3) is 0. The van der Waals surface area contributed by atoms with Crippen molar-refractivity contribution in [3.05, 3.63) is 151 Å². The molecule has 0 bridgehead atoms.